The van der Waals surface area contributed by atoms with E-state index in [1.54, 1.807) is 0 Å². The third-order valence-corrected chi connectivity index (χ3v) is 2.63. The molecule has 0 fully saturated rings. The van der Waals surface area contributed by atoms with E-state index in [-0.39, 0.29) is 6.04 Å². The molecule has 102 valence electrons. The van der Waals surface area contributed by atoms with E-state index in [9.17, 15) is 0 Å². The Morgan fingerprint density at radius 3 is 2.61 bits per heavy atom. The van der Waals surface area contributed by atoms with Gasteiger partial charge in [-0.3, -0.25) is 0 Å². The predicted molar refractivity (Wildman–Crippen MR) is 77.0 cm³/mol. The molecule has 1 atom stereocenters. The number of benzene rings is 1. The second-order valence-corrected chi connectivity index (χ2v) is 5.21. The first-order valence-electron chi connectivity index (χ1n) is 6.67. The summed E-state index contributed by atoms with van der Waals surface area (Å²) in [5, 5.41) is 0. The zero-order chi connectivity index (χ0) is 13.5. The molecule has 0 heterocycles. The van der Waals surface area contributed by atoms with E-state index in [1.807, 2.05) is 6.92 Å². The molecule has 0 radical (unpaired) electrons. The van der Waals surface area contributed by atoms with Crippen LogP contribution in [0.15, 0.2) is 18.2 Å². The molecular weight excluding hydrogens is 224 g/mol. The lowest BCUT2D eigenvalue weighted by Crippen LogP contribution is -2.19. The highest BCUT2D eigenvalue weighted by Crippen LogP contribution is 2.22. The largest absolute Gasteiger partial charge is 0.493 e. The molecule has 0 amide bonds. The summed E-state index contributed by atoms with van der Waals surface area (Å²) in [5.74, 6) is 0.983. The highest BCUT2D eigenvalue weighted by Gasteiger charge is 2.08. The first kappa shape index (κ1) is 15.0. The van der Waals surface area contributed by atoms with Crippen molar-refractivity contribution in [3.05, 3.63) is 29.3 Å². The summed E-state index contributed by atoms with van der Waals surface area (Å²) in [5.41, 5.74) is 8.43. The van der Waals surface area contributed by atoms with Gasteiger partial charge in [-0.1, -0.05) is 19.1 Å². The van der Waals surface area contributed by atoms with E-state index in [0.29, 0.717) is 0 Å². The van der Waals surface area contributed by atoms with Crippen LogP contribution in [0, 0.1) is 0 Å². The number of ether oxygens (including phenoxy) is 1. The van der Waals surface area contributed by atoms with Gasteiger partial charge in [0.05, 0.1) is 6.61 Å². The van der Waals surface area contributed by atoms with Gasteiger partial charge in [0.25, 0.3) is 0 Å². The highest BCUT2D eigenvalue weighted by atomic mass is 16.5. The van der Waals surface area contributed by atoms with Crippen LogP contribution in [0.4, 0.5) is 0 Å². The van der Waals surface area contributed by atoms with Crippen LogP contribution in [0.25, 0.3) is 0 Å². The molecular formula is C15H26N2O. The number of hydrogen-bond donors (Lipinski definition) is 1. The van der Waals surface area contributed by atoms with Crippen molar-refractivity contribution in [3.8, 4) is 5.75 Å². The number of nitrogens with two attached hydrogens (primary N) is 1. The lowest BCUT2D eigenvalue weighted by molar-refractivity contribution is 0.313. The first-order chi connectivity index (χ1) is 8.52. The molecule has 0 aliphatic rings. The van der Waals surface area contributed by atoms with Crippen LogP contribution in [0.1, 0.15) is 31.4 Å². The van der Waals surface area contributed by atoms with Crippen molar-refractivity contribution in [2.75, 3.05) is 20.7 Å². The van der Waals surface area contributed by atoms with Crippen molar-refractivity contribution in [1.29, 1.82) is 0 Å². The fourth-order valence-corrected chi connectivity index (χ4v) is 1.96. The van der Waals surface area contributed by atoms with E-state index >= 15 is 0 Å². The van der Waals surface area contributed by atoms with Crippen LogP contribution in [0.5, 0.6) is 5.75 Å². The van der Waals surface area contributed by atoms with E-state index in [2.05, 4.69) is 44.1 Å². The SMILES string of the molecule is CCCOc1ccc(CN(C)C)cc1CC(C)N. The summed E-state index contributed by atoms with van der Waals surface area (Å²) < 4.78 is 5.78. The van der Waals surface area contributed by atoms with Gasteiger partial charge in [-0.15, -0.1) is 0 Å². The molecule has 2 N–H and O–H groups in total. The van der Waals surface area contributed by atoms with E-state index < -0.39 is 0 Å². The van der Waals surface area contributed by atoms with Crippen LogP contribution in [-0.4, -0.2) is 31.6 Å². The Bertz CT molecular complexity index is 362. The van der Waals surface area contributed by atoms with Crippen molar-refractivity contribution in [1.82, 2.24) is 4.90 Å². The molecule has 3 heteroatoms. The van der Waals surface area contributed by atoms with Gasteiger partial charge in [0, 0.05) is 12.6 Å². The van der Waals surface area contributed by atoms with Gasteiger partial charge < -0.3 is 15.4 Å². The average Bonchev–Trinajstić information content (AvgIpc) is 2.26. The maximum Gasteiger partial charge on any atom is 0.122 e. The maximum absolute atomic E-state index is 5.91. The van der Waals surface area contributed by atoms with Gasteiger partial charge in [-0.25, -0.2) is 0 Å². The molecule has 18 heavy (non-hydrogen) atoms. The molecule has 0 saturated heterocycles. The van der Waals surface area contributed by atoms with Gasteiger partial charge in [0.1, 0.15) is 5.75 Å². The molecule has 0 bridgehead atoms. The summed E-state index contributed by atoms with van der Waals surface area (Å²) in [6.07, 6.45) is 1.89. The first-order valence-corrected chi connectivity index (χ1v) is 6.67. The van der Waals surface area contributed by atoms with Crippen LogP contribution in [0.3, 0.4) is 0 Å². The lowest BCUT2D eigenvalue weighted by Gasteiger charge is -2.16. The summed E-state index contributed by atoms with van der Waals surface area (Å²) in [4.78, 5) is 2.16. The number of rotatable bonds is 7. The Morgan fingerprint density at radius 1 is 1.33 bits per heavy atom. The molecule has 1 aromatic rings. The predicted octanol–water partition coefficient (Wildman–Crippen LogP) is 2.43. The zero-order valence-corrected chi connectivity index (χ0v) is 12.1. The normalized spacial score (nSPS) is 12.8. The molecule has 1 aromatic carbocycles. The monoisotopic (exact) mass is 250 g/mol. The fraction of sp³-hybridized carbons (Fsp3) is 0.600. The van der Waals surface area contributed by atoms with Crippen molar-refractivity contribution >= 4 is 0 Å². The Morgan fingerprint density at radius 2 is 2.06 bits per heavy atom. The smallest absolute Gasteiger partial charge is 0.122 e. The second kappa shape index (κ2) is 7.39. The van der Waals surface area contributed by atoms with Crippen molar-refractivity contribution in [3.63, 3.8) is 0 Å². The fourth-order valence-electron chi connectivity index (χ4n) is 1.96. The van der Waals surface area contributed by atoms with Gasteiger partial charge in [-0.2, -0.15) is 0 Å². The molecule has 0 aromatic heterocycles. The molecule has 3 nitrogen and oxygen atoms in total. The van der Waals surface area contributed by atoms with Gasteiger partial charge in [0.2, 0.25) is 0 Å². The Labute approximate surface area is 111 Å². The molecule has 0 spiro atoms. The molecule has 0 saturated carbocycles. The average molecular weight is 250 g/mol. The number of hydrogen-bond acceptors (Lipinski definition) is 3. The highest BCUT2D eigenvalue weighted by molar-refractivity contribution is 5.38. The molecule has 0 aliphatic carbocycles. The minimum absolute atomic E-state index is 0.156. The summed E-state index contributed by atoms with van der Waals surface area (Å²) in [6.45, 7) is 5.85. The zero-order valence-electron chi connectivity index (χ0n) is 12.1. The topological polar surface area (TPSA) is 38.5 Å². The Balaban J connectivity index is 2.88. The Kier molecular flexibility index (Phi) is 6.16. The lowest BCUT2D eigenvalue weighted by atomic mass is 10.0. The quantitative estimate of drug-likeness (QED) is 0.807. The van der Waals surface area contributed by atoms with Crippen LogP contribution in [0.2, 0.25) is 0 Å². The van der Waals surface area contributed by atoms with Crippen LogP contribution in [-0.2, 0) is 13.0 Å². The Hall–Kier alpha value is -1.06. The summed E-state index contributed by atoms with van der Waals surface area (Å²) in [7, 11) is 4.15. The minimum atomic E-state index is 0.156. The second-order valence-electron chi connectivity index (χ2n) is 5.21. The molecule has 0 aliphatic heterocycles. The van der Waals surface area contributed by atoms with Crippen LogP contribution >= 0.6 is 0 Å². The standard InChI is InChI=1S/C15H26N2O/c1-5-8-18-15-7-6-13(11-17(3)4)10-14(15)9-12(2)16/h6-7,10,12H,5,8-9,11,16H2,1-4H3. The van der Waals surface area contributed by atoms with E-state index in [4.69, 9.17) is 10.5 Å². The van der Waals surface area contributed by atoms with Gasteiger partial charge in [0.15, 0.2) is 0 Å². The summed E-state index contributed by atoms with van der Waals surface area (Å²) >= 11 is 0. The van der Waals surface area contributed by atoms with E-state index in [1.165, 1.54) is 11.1 Å². The third-order valence-electron chi connectivity index (χ3n) is 2.63. The summed E-state index contributed by atoms with van der Waals surface area (Å²) in [6, 6.07) is 6.58. The van der Waals surface area contributed by atoms with Crippen LogP contribution < -0.4 is 10.5 Å². The van der Waals surface area contributed by atoms with Crippen molar-refractivity contribution in [2.24, 2.45) is 5.73 Å². The van der Waals surface area contributed by atoms with E-state index in [0.717, 1.165) is 31.7 Å². The molecule has 1 unspecified atom stereocenters. The van der Waals surface area contributed by atoms with Crippen molar-refractivity contribution < 1.29 is 4.74 Å². The molecule has 1 rings (SSSR count). The van der Waals surface area contributed by atoms with Gasteiger partial charge >= 0.3 is 0 Å². The maximum atomic E-state index is 5.91. The third kappa shape index (κ3) is 5.07. The minimum Gasteiger partial charge on any atom is -0.493 e. The van der Waals surface area contributed by atoms with Crippen molar-refractivity contribution in [2.45, 2.75) is 39.3 Å². The van der Waals surface area contributed by atoms with Gasteiger partial charge in [-0.05, 0) is 51.1 Å². The number of nitrogens with zero attached hydrogens (tertiary/aromatic N) is 1.